The molecule has 0 amide bonds. The number of carbonyl (C=O) groups is 1. The molecule has 0 aliphatic carbocycles. The van der Waals surface area contributed by atoms with Crippen molar-refractivity contribution in [3.05, 3.63) is 29.6 Å². The number of hydrogen-bond acceptors (Lipinski definition) is 3. The summed E-state index contributed by atoms with van der Waals surface area (Å²) in [4.78, 5) is 17.6. The molecule has 0 spiro atoms. The van der Waals surface area contributed by atoms with Gasteiger partial charge in [0.2, 0.25) is 0 Å². The van der Waals surface area contributed by atoms with Gasteiger partial charge < -0.3 is 9.72 Å². The Hall–Kier alpha value is -2.05. The van der Waals surface area contributed by atoms with Crippen LogP contribution in [0.4, 0.5) is 13.2 Å². The standard InChI is InChI=1S/C11H9F3N2O2/c1-2-18-10(17)8-4-6-3-7(11(12,13)14)5-15-9(6)16-8/h3-5H,2H2,1H3,(H,15,16). The molecule has 0 aliphatic heterocycles. The molecule has 0 aliphatic rings. The normalized spacial score (nSPS) is 11.8. The number of rotatable bonds is 2. The summed E-state index contributed by atoms with van der Waals surface area (Å²) in [5, 5.41) is 0.216. The number of halogens is 3. The number of alkyl halides is 3. The molecule has 4 nitrogen and oxygen atoms in total. The molecular formula is C11H9F3N2O2. The van der Waals surface area contributed by atoms with Gasteiger partial charge in [-0.1, -0.05) is 0 Å². The summed E-state index contributed by atoms with van der Waals surface area (Å²) in [5.41, 5.74) is -0.561. The van der Waals surface area contributed by atoms with Crippen LogP contribution in [-0.4, -0.2) is 22.5 Å². The molecule has 0 fully saturated rings. The number of nitrogens with one attached hydrogen (secondary N) is 1. The molecular weight excluding hydrogens is 249 g/mol. The number of hydrogen-bond donors (Lipinski definition) is 1. The Bertz CT molecular complexity index is 589. The zero-order valence-electron chi connectivity index (χ0n) is 9.34. The maximum absolute atomic E-state index is 12.5. The minimum Gasteiger partial charge on any atom is -0.461 e. The minimum absolute atomic E-state index is 0.0821. The molecule has 0 saturated carbocycles. The highest BCUT2D eigenvalue weighted by Crippen LogP contribution is 2.30. The summed E-state index contributed by atoms with van der Waals surface area (Å²) in [6.07, 6.45) is -3.74. The van der Waals surface area contributed by atoms with Crippen molar-refractivity contribution in [1.82, 2.24) is 9.97 Å². The topological polar surface area (TPSA) is 55.0 Å². The zero-order chi connectivity index (χ0) is 13.3. The van der Waals surface area contributed by atoms with Gasteiger partial charge in [0.05, 0.1) is 12.2 Å². The number of nitrogens with zero attached hydrogens (tertiary/aromatic N) is 1. The molecule has 0 radical (unpaired) electrons. The van der Waals surface area contributed by atoms with Crippen LogP contribution in [0.5, 0.6) is 0 Å². The molecule has 96 valence electrons. The SMILES string of the molecule is CCOC(=O)c1cc2cc(C(F)(F)F)cnc2[nH]1. The summed E-state index contributed by atoms with van der Waals surface area (Å²) in [5.74, 6) is -0.621. The van der Waals surface area contributed by atoms with E-state index in [2.05, 4.69) is 9.97 Å². The second-order valence-corrected chi connectivity index (χ2v) is 3.56. The third-order valence-electron chi connectivity index (χ3n) is 2.29. The molecule has 2 aromatic heterocycles. The van der Waals surface area contributed by atoms with Crippen LogP contribution in [-0.2, 0) is 10.9 Å². The summed E-state index contributed by atoms with van der Waals surface area (Å²) < 4.78 is 42.1. The van der Waals surface area contributed by atoms with E-state index in [1.807, 2.05) is 0 Å². The van der Waals surface area contributed by atoms with E-state index in [0.29, 0.717) is 6.20 Å². The maximum atomic E-state index is 12.5. The monoisotopic (exact) mass is 258 g/mol. The van der Waals surface area contributed by atoms with E-state index < -0.39 is 17.7 Å². The molecule has 0 aromatic carbocycles. The van der Waals surface area contributed by atoms with Gasteiger partial charge in [-0.2, -0.15) is 13.2 Å². The molecule has 0 saturated heterocycles. The van der Waals surface area contributed by atoms with Crippen molar-refractivity contribution in [3.63, 3.8) is 0 Å². The van der Waals surface area contributed by atoms with E-state index in [9.17, 15) is 18.0 Å². The lowest BCUT2D eigenvalue weighted by atomic mass is 10.2. The van der Waals surface area contributed by atoms with E-state index >= 15 is 0 Å². The van der Waals surface area contributed by atoms with E-state index in [4.69, 9.17) is 4.74 Å². The molecule has 2 rings (SSSR count). The maximum Gasteiger partial charge on any atom is 0.417 e. The Morgan fingerprint density at radius 1 is 1.44 bits per heavy atom. The van der Waals surface area contributed by atoms with Crippen LogP contribution in [0.25, 0.3) is 11.0 Å². The molecule has 2 aromatic rings. The minimum atomic E-state index is -4.46. The Labute approximate surface area is 99.8 Å². The van der Waals surface area contributed by atoms with Crippen molar-refractivity contribution < 1.29 is 22.7 Å². The summed E-state index contributed by atoms with van der Waals surface area (Å²) in [7, 11) is 0. The van der Waals surface area contributed by atoms with Crippen molar-refractivity contribution in [2.24, 2.45) is 0 Å². The van der Waals surface area contributed by atoms with E-state index in [0.717, 1.165) is 6.07 Å². The van der Waals surface area contributed by atoms with Gasteiger partial charge in [0, 0.05) is 11.6 Å². The fourth-order valence-electron chi connectivity index (χ4n) is 1.49. The second kappa shape index (κ2) is 4.32. The third-order valence-corrected chi connectivity index (χ3v) is 2.29. The van der Waals surface area contributed by atoms with Crippen molar-refractivity contribution >= 4 is 17.0 Å². The molecule has 18 heavy (non-hydrogen) atoms. The van der Waals surface area contributed by atoms with Gasteiger partial charge in [-0.05, 0) is 19.1 Å². The lowest BCUT2D eigenvalue weighted by Crippen LogP contribution is -2.05. The van der Waals surface area contributed by atoms with Crippen LogP contribution in [0.2, 0.25) is 0 Å². The number of H-pyrrole nitrogens is 1. The van der Waals surface area contributed by atoms with Gasteiger partial charge in [-0.15, -0.1) is 0 Å². The number of esters is 1. The Balaban J connectivity index is 2.43. The van der Waals surface area contributed by atoms with Crippen molar-refractivity contribution in [2.45, 2.75) is 13.1 Å². The van der Waals surface area contributed by atoms with Crippen LogP contribution < -0.4 is 0 Å². The van der Waals surface area contributed by atoms with Crippen LogP contribution >= 0.6 is 0 Å². The van der Waals surface area contributed by atoms with E-state index in [1.165, 1.54) is 6.07 Å². The Kier molecular flexibility index (Phi) is 2.98. The third kappa shape index (κ3) is 2.29. The van der Waals surface area contributed by atoms with Crippen LogP contribution in [0, 0.1) is 0 Å². The molecule has 0 atom stereocenters. The van der Waals surface area contributed by atoms with Gasteiger partial charge in [0.25, 0.3) is 0 Å². The zero-order valence-corrected chi connectivity index (χ0v) is 9.34. The van der Waals surface area contributed by atoms with Crippen LogP contribution in [0.15, 0.2) is 18.3 Å². The first kappa shape index (κ1) is 12.4. The van der Waals surface area contributed by atoms with Gasteiger partial charge in [-0.3, -0.25) is 0 Å². The van der Waals surface area contributed by atoms with E-state index in [-0.39, 0.29) is 23.3 Å². The Morgan fingerprint density at radius 3 is 2.78 bits per heavy atom. The second-order valence-electron chi connectivity index (χ2n) is 3.56. The number of aromatic nitrogens is 2. The smallest absolute Gasteiger partial charge is 0.417 e. The van der Waals surface area contributed by atoms with Gasteiger partial charge in [-0.25, -0.2) is 9.78 Å². The van der Waals surface area contributed by atoms with Crippen LogP contribution in [0.3, 0.4) is 0 Å². The highest BCUT2D eigenvalue weighted by atomic mass is 19.4. The predicted octanol–water partition coefficient (Wildman–Crippen LogP) is 2.76. The summed E-state index contributed by atoms with van der Waals surface area (Å²) in [6.45, 7) is 1.83. The highest BCUT2D eigenvalue weighted by Gasteiger charge is 2.31. The first-order chi connectivity index (χ1) is 8.41. The molecule has 1 N–H and O–H groups in total. The number of aromatic amines is 1. The lowest BCUT2D eigenvalue weighted by molar-refractivity contribution is -0.137. The summed E-state index contributed by atoms with van der Waals surface area (Å²) in [6, 6.07) is 2.22. The fraction of sp³-hybridized carbons (Fsp3) is 0.273. The number of carbonyl (C=O) groups excluding carboxylic acids is 1. The molecule has 2 heterocycles. The first-order valence-electron chi connectivity index (χ1n) is 5.15. The van der Waals surface area contributed by atoms with Gasteiger partial charge in [0.1, 0.15) is 11.3 Å². The van der Waals surface area contributed by atoms with E-state index in [1.54, 1.807) is 6.92 Å². The largest absolute Gasteiger partial charge is 0.461 e. The van der Waals surface area contributed by atoms with Gasteiger partial charge >= 0.3 is 12.1 Å². The number of pyridine rings is 1. The lowest BCUT2D eigenvalue weighted by Gasteiger charge is -2.04. The quantitative estimate of drug-likeness (QED) is 0.842. The summed E-state index contributed by atoms with van der Waals surface area (Å²) >= 11 is 0. The first-order valence-corrected chi connectivity index (χ1v) is 5.15. The van der Waals surface area contributed by atoms with Gasteiger partial charge in [0.15, 0.2) is 0 Å². The van der Waals surface area contributed by atoms with Crippen molar-refractivity contribution in [2.75, 3.05) is 6.61 Å². The number of ether oxygens (including phenoxy) is 1. The molecule has 0 unspecified atom stereocenters. The highest BCUT2D eigenvalue weighted by molar-refractivity contribution is 5.93. The molecule has 7 heteroatoms. The Morgan fingerprint density at radius 2 is 2.17 bits per heavy atom. The van der Waals surface area contributed by atoms with Crippen molar-refractivity contribution in [1.29, 1.82) is 0 Å². The molecule has 0 bridgehead atoms. The predicted molar refractivity (Wildman–Crippen MR) is 57.1 cm³/mol. The van der Waals surface area contributed by atoms with Crippen LogP contribution in [0.1, 0.15) is 23.0 Å². The van der Waals surface area contributed by atoms with Crippen molar-refractivity contribution in [3.8, 4) is 0 Å². The number of fused-ring (bicyclic) bond motifs is 1. The average Bonchev–Trinajstić information content (AvgIpc) is 2.70. The average molecular weight is 258 g/mol. The fourth-order valence-corrected chi connectivity index (χ4v) is 1.49.